The fraction of sp³-hybridized carbons (Fsp3) is 0.458. The van der Waals surface area contributed by atoms with E-state index in [9.17, 15) is 5.11 Å². The van der Waals surface area contributed by atoms with E-state index in [0.29, 0.717) is 42.8 Å². The zero-order valence-electron chi connectivity index (χ0n) is 20.2. The van der Waals surface area contributed by atoms with Crippen LogP contribution < -0.4 is 29.6 Å². The first-order valence-corrected chi connectivity index (χ1v) is 10.7. The molecule has 0 aliphatic carbocycles. The van der Waals surface area contributed by atoms with Crippen molar-refractivity contribution in [1.29, 1.82) is 0 Å². The summed E-state index contributed by atoms with van der Waals surface area (Å²) < 4.78 is 22.0. The smallest absolute Gasteiger partial charge is 0.203 e. The molecule has 0 aromatic heterocycles. The quantitative estimate of drug-likeness (QED) is 0.213. The van der Waals surface area contributed by atoms with Crippen LogP contribution in [0.1, 0.15) is 38.0 Å². The van der Waals surface area contributed by atoms with Crippen molar-refractivity contribution in [2.75, 3.05) is 34.4 Å². The second-order valence-electron chi connectivity index (χ2n) is 7.32. The lowest BCUT2D eigenvalue weighted by molar-refractivity contribution is 0.179. The molecule has 0 spiro atoms. The normalized spacial score (nSPS) is 11.9. The Morgan fingerprint density at radius 2 is 1.73 bits per heavy atom. The maximum Gasteiger partial charge on any atom is 0.203 e. The number of hydrogen-bond donors (Lipinski definition) is 3. The number of aliphatic hydroxyl groups excluding tert-OH is 1. The second-order valence-corrected chi connectivity index (χ2v) is 7.32. The maximum absolute atomic E-state index is 10.6. The number of ether oxygens (including phenoxy) is 4. The third-order valence-corrected chi connectivity index (χ3v) is 4.61. The molecule has 184 valence electrons. The third kappa shape index (κ3) is 8.47. The van der Waals surface area contributed by atoms with Crippen molar-refractivity contribution < 1.29 is 24.1 Å². The Labute approximate surface area is 213 Å². The molecule has 0 radical (unpaired) electrons. The second kappa shape index (κ2) is 14.7. The van der Waals surface area contributed by atoms with Crippen LogP contribution in [0.15, 0.2) is 41.4 Å². The minimum absolute atomic E-state index is 0. The molecule has 0 saturated heterocycles. The van der Waals surface area contributed by atoms with Gasteiger partial charge in [0.15, 0.2) is 17.5 Å². The third-order valence-electron chi connectivity index (χ3n) is 4.61. The summed E-state index contributed by atoms with van der Waals surface area (Å²) in [7, 11) is 4.74. The first-order chi connectivity index (χ1) is 15.4. The molecular weight excluding hydrogens is 537 g/mol. The van der Waals surface area contributed by atoms with Crippen molar-refractivity contribution >= 4 is 29.9 Å². The number of aliphatic hydroxyl groups is 1. The number of guanidine groups is 1. The summed E-state index contributed by atoms with van der Waals surface area (Å²) in [5.41, 5.74) is 1.62. The highest BCUT2D eigenvalue weighted by Crippen LogP contribution is 2.39. The van der Waals surface area contributed by atoms with Crippen molar-refractivity contribution in [2.24, 2.45) is 4.99 Å². The Hall–Kier alpha value is -2.40. The number of rotatable bonds is 11. The number of aliphatic imine (C=N–C) groups is 1. The van der Waals surface area contributed by atoms with Crippen LogP contribution >= 0.6 is 24.0 Å². The zero-order valence-corrected chi connectivity index (χ0v) is 22.5. The van der Waals surface area contributed by atoms with Crippen LogP contribution in [-0.4, -0.2) is 51.6 Å². The van der Waals surface area contributed by atoms with Gasteiger partial charge in [0.05, 0.1) is 40.1 Å². The summed E-state index contributed by atoms with van der Waals surface area (Å²) in [6, 6.07) is 11.2. The molecule has 1 atom stereocenters. The van der Waals surface area contributed by atoms with Gasteiger partial charge < -0.3 is 34.7 Å². The summed E-state index contributed by atoms with van der Waals surface area (Å²) >= 11 is 0. The Bertz CT molecular complexity index is 892. The molecule has 9 heteroatoms. The predicted octanol–water partition coefficient (Wildman–Crippen LogP) is 3.91. The van der Waals surface area contributed by atoms with Gasteiger partial charge in [0.1, 0.15) is 5.75 Å². The van der Waals surface area contributed by atoms with Gasteiger partial charge in [-0.05, 0) is 50.6 Å². The molecule has 0 fully saturated rings. The number of hydrogen-bond acceptors (Lipinski definition) is 6. The molecule has 0 aliphatic heterocycles. The molecule has 0 amide bonds. The summed E-state index contributed by atoms with van der Waals surface area (Å²) in [6.07, 6.45) is -0.647. The minimum atomic E-state index is -0.717. The van der Waals surface area contributed by atoms with Crippen LogP contribution in [0.3, 0.4) is 0 Å². The average molecular weight is 573 g/mol. The number of halogens is 1. The number of benzene rings is 2. The van der Waals surface area contributed by atoms with E-state index in [1.54, 1.807) is 21.3 Å². The van der Waals surface area contributed by atoms with Crippen molar-refractivity contribution in [2.45, 2.75) is 39.5 Å². The van der Waals surface area contributed by atoms with Gasteiger partial charge >= 0.3 is 0 Å². The lowest BCUT2D eigenvalue weighted by atomic mass is 10.1. The molecular formula is C24H36IN3O5. The zero-order chi connectivity index (χ0) is 23.5. The Kier molecular flexibility index (Phi) is 12.7. The Balaban J connectivity index is 0.00000544. The summed E-state index contributed by atoms with van der Waals surface area (Å²) in [5.74, 6) is 3.01. The summed E-state index contributed by atoms with van der Waals surface area (Å²) in [5, 5.41) is 17.0. The largest absolute Gasteiger partial charge is 0.493 e. The molecule has 2 aromatic carbocycles. The van der Waals surface area contributed by atoms with Gasteiger partial charge in [0.25, 0.3) is 0 Å². The minimum Gasteiger partial charge on any atom is -0.493 e. The van der Waals surface area contributed by atoms with E-state index in [1.807, 2.05) is 57.2 Å². The highest BCUT2D eigenvalue weighted by Gasteiger charge is 2.16. The molecule has 0 heterocycles. The van der Waals surface area contributed by atoms with E-state index in [0.717, 1.165) is 16.9 Å². The van der Waals surface area contributed by atoms with Crippen molar-refractivity contribution in [3.63, 3.8) is 0 Å². The van der Waals surface area contributed by atoms with Gasteiger partial charge in [-0.15, -0.1) is 24.0 Å². The summed E-state index contributed by atoms with van der Waals surface area (Å²) in [6.45, 7) is 7.25. The van der Waals surface area contributed by atoms with Crippen LogP contribution in [0.25, 0.3) is 0 Å². The Morgan fingerprint density at radius 3 is 2.33 bits per heavy atom. The van der Waals surface area contributed by atoms with Gasteiger partial charge in [-0.3, -0.25) is 0 Å². The molecule has 2 rings (SSSR count). The first-order valence-electron chi connectivity index (χ1n) is 10.7. The molecule has 8 nitrogen and oxygen atoms in total. The predicted molar refractivity (Wildman–Crippen MR) is 141 cm³/mol. The van der Waals surface area contributed by atoms with E-state index in [2.05, 4.69) is 15.6 Å². The van der Waals surface area contributed by atoms with Crippen LogP contribution in [0.5, 0.6) is 23.0 Å². The molecule has 2 aromatic rings. The van der Waals surface area contributed by atoms with Gasteiger partial charge in [-0.1, -0.05) is 12.1 Å². The van der Waals surface area contributed by atoms with Crippen LogP contribution in [0.2, 0.25) is 0 Å². The van der Waals surface area contributed by atoms with E-state index in [4.69, 9.17) is 18.9 Å². The monoisotopic (exact) mass is 573 g/mol. The molecule has 0 bridgehead atoms. The van der Waals surface area contributed by atoms with Crippen molar-refractivity contribution in [1.82, 2.24) is 10.6 Å². The van der Waals surface area contributed by atoms with Crippen molar-refractivity contribution in [3.8, 4) is 23.0 Å². The summed E-state index contributed by atoms with van der Waals surface area (Å²) in [4.78, 5) is 4.63. The van der Waals surface area contributed by atoms with Gasteiger partial charge in [0.2, 0.25) is 5.75 Å². The standard InChI is InChI=1S/C24H35N3O5.HI/c1-7-25-24(26-14-18-11-12-21(29-4)23(31-6)22(18)30-5)27-15-20(28)17-9-8-10-19(13-17)32-16(2)3;/h8-13,16,20,28H,7,14-15H2,1-6H3,(H2,25,26,27);1H. The molecule has 1 unspecified atom stereocenters. The van der Waals surface area contributed by atoms with Gasteiger partial charge in [-0.25, -0.2) is 4.99 Å². The fourth-order valence-electron chi connectivity index (χ4n) is 3.17. The van der Waals surface area contributed by atoms with E-state index in [-0.39, 0.29) is 30.1 Å². The van der Waals surface area contributed by atoms with Crippen LogP contribution in [-0.2, 0) is 6.54 Å². The van der Waals surface area contributed by atoms with Crippen LogP contribution in [0, 0.1) is 0 Å². The lowest BCUT2D eigenvalue weighted by Gasteiger charge is -2.18. The molecule has 0 saturated carbocycles. The van der Waals surface area contributed by atoms with E-state index >= 15 is 0 Å². The van der Waals surface area contributed by atoms with Crippen LogP contribution in [0.4, 0.5) is 0 Å². The Morgan fingerprint density at radius 1 is 1.00 bits per heavy atom. The molecule has 0 aliphatic rings. The highest BCUT2D eigenvalue weighted by molar-refractivity contribution is 14.0. The topological polar surface area (TPSA) is 93.6 Å². The molecule has 3 N–H and O–H groups in total. The number of nitrogens with one attached hydrogen (secondary N) is 2. The van der Waals surface area contributed by atoms with E-state index < -0.39 is 6.10 Å². The highest BCUT2D eigenvalue weighted by atomic mass is 127. The first kappa shape index (κ1) is 28.6. The van der Waals surface area contributed by atoms with Gasteiger partial charge in [0, 0.05) is 18.7 Å². The van der Waals surface area contributed by atoms with E-state index in [1.165, 1.54) is 0 Å². The van der Waals surface area contributed by atoms with Gasteiger partial charge in [-0.2, -0.15) is 0 Å². The SMILES string of the molecule is CCNC(=NCc1ccc(OC)c(OC)c1OC)NCC(O)c1cccc(OC(C)C)c1.I. The lowest BCUT2D eigenvalue weighted by Crippen LogP contribution is -2.39. The molecule has 33 heavy (non-hydrogen) atoms. The average Bonchev–Trinajstić information content (AvgIpc) is 2.79. The van der Waals surface area contributed by atoms with Crippen molar-refractivity contribution in [3.05, 3.63) is 47.5 Å². The number of nitrogens with zero attached hydrogens (tertiary/aromatic N) is 1. The maximum atomic E-state index is 10.6. The number of methoxy groups -OCH3 is 3. The fourth-order valence-corrected chi connectivity index (χ4v) is 3.17.